The monoisotopic (exact) mass is 239 g/mol. The van der Waals surface area contributed by atoms with Crippen molar-refractivity contribution < 1.29 is 14.3 Å². The van der Waals surface area contributed by atoms with E-state index in [9.17, 15) is 9.59 Å². The Morgan fingerprint density at radius 1 is 1.62 bits per heavy atom. The van der Waals surface area contributed by atoms with Gasteiger partial charge in [0.05, 0.1) is 7.11 Å². The molecule has 1 aliphatic rings. The first kappa shape index (κ1) is 11.0. The van der Waals surface area contributed by atoms with Gasteiger partial charge in [-0.25, -0.2) is 0 Å². The molecule has 0 spiro atoms. The van der Waals surface area contributed by atoms with Crippen molar-refractivity contribution in [1.82, 2.24) is 0 Å². The van der Waals surface area contributed by atoms with Crippen LogP contribution in [0.5, 0.6) is 0 Å². The van der Waals surface area contributed by atoms with Gasteiger partial charge in [-0.1, -0.05) is 11.6 Å². The highest BCUT2D eigenvalue weighted by Gasteiger charge is 2.34. The lowest BCUT2D eigenvalue weighted by Crippen LogP contribution is -2.23. The van der Waals surface area contributed by atoms with Crippen LogP contribution in [0.3, 0.4) is 0 Å². The van der Waals surface area contributed by atoms with Crippen LogP contribution in [0, 0.1) is 0 Å². The molecule has 4 nitrogen and oxygen atoms in total. The molecule has 0 fully saturated rings. The van der Waals surface area contributed by atoms with E-state index in [1.807, 2.05) is 0 Å². The molecule has 16 heavy (non-hydrogen) atoms. The van der Waals surface area contributed by atoms with Crippen LogP contribution in [-0.2, 0) is 14.3 Å². The third-order valence-electron chi connectivity index (χ3n) is 2.67. The summed E-state index contributed by atoms with van der Waals surface area (Å²) in [5.41, 5.74) is 1.46. The Bertz CT molecular complexity index is 447. The third kappa shape index (κ3) is 1.65. The standard InChI is InChI=1S/C11H10ClNO3/c1-16-11(15)9-5-13(6-14)10-3-2-7(12)4-8(9)10/h2-4,6,9H,5H2,1H3. The Morgan fingerprint density at radius 2 is 2.38 bits per heavy atom. The molecule has 0 radical (unpaired) electrons. The summed E-state index contributed by atoms with van der Waals surface area (Å²) in [4.78, 5) is 23.9. The largest absolute Gasteiger partial charge is 0.468 e. The summed E-state index contributed by atoms with van der Waals surface area (Å²) >= 11 is 5.87. The first-order valence-electron chi connectivity index (χ1n) is 4.76. The Morgan fingerprint density at radius 3 is 3.00 bits per heavy atom. The van der Waals surface area contributed by atoms with Crippen LogP contribution in [0.25, 0.3) is 0 Å². The molecular weight excluding hydrogens is 230 g/mol. The minimum Gasteiger partial charge on any atom is -0.468 e. The molecule has 1 aliphatic heterocycles. The van der Waals surface area contributed by atoms with Crippen molar-refractivity contribution in [2.24, 2.45) is 0 Å². The zero-order valence-corrected chi connectivity index (χ0v) is 9.40. The minimum absolute atomic E-state index is 0.311. The first-order valence-corrected chi connectivity index (χ1v) is 5.14. The fraction of sp³-hybridized carbons (Fsp3) is 0.273. The number of carbonyl (C=O) groups is 2. The summed E-state index contributed by atoms with van der Waals surface area (Å²) in [5, 5.41) is 0.542. The molecule has 0 saturated carbocycles. The number of nitrogens with zero attached hydrogens (tertiary/aromatic N) is 1. The predicted molar refractivity (Wildman–Crippen MR) is 59.6 cm³/mol. The molecule has 1 unspecified atom stereocenters. The second-order valence-corrected chi connectivity index (χ2v) is 3.97. The molecule has 1 amide bonds. The highest BCUT2D eigenvalue weighted by atomic mass is 35.5. The van der Waals surface area contributed by atoms with Gasteiger partial charge in [-0.05, 0) is 23.8 Å². The Kier molecular flexibility index (Phi) is 2.83. The topological polar surface area (TPSA) is 46.6 Å². The quantitative estimate of drug-likeness (QED) is 0.581. The van der Waals surface area contributed by atoms with Crippen LogP contribution >= 0.6 is 11.6 Å². The Balaban J connectivity index is 2.46. The van der Waals surface area contributed by atoms with Crippen molar-refractivity contribution in [3.8, 4) is 0 Å². The molecule has 2 rings (SSSR count). The van der Waals surface area contributed by atoms with Crippen molar-refractivity contribution in [3.05, 3.63) is 28.8 Å². The van der Waals surface area contributed by atoms with Crippen LogP contribution in [0.4, 0.5) is 5.69 Å². The second-order valence-electron chi connectivity index (χ2n) is 3.54. The molecule has 0 saturated heterocycles. The van der Waals surface area contributed by atoms with E-state index in [1.165, 1.54) is 12.0 Å². The van der Waals surface area contributed by atoms with Gasteiger partial charge in [-0.15, -0.1) is 0 Å². The van der Waals surface area contributed by atoms with Gasteiger partial charge >= 0.3 is 5.97 Å². The van der Waals surface area contributed by atoms with Crippen molar-refractivity contribution in [1.29, 1.82) is 0 Å². The molecule has 0 N–H and O–H groups in total. The maximum Gasteiger partial charge on any atom is 0.315 e. The van der Waals surface area contributed by atoms with Crippen LogP contribution in [0.1, 0.15) is 11.5 Å². The van der Waals surface area contributed by atoms with Gasteiger partial charge in [0.15, 0.2) is 0 Å². The van der Waals surface area contributed by atoms with E-state index < -0.39 is 5.92 Å². The number of anilines is 1. The number of fused-ring (bicyclic) bond motifs is 1. The summed E-state index contributed by atoms with van der Waals surface area (Å²) in [6.45, 7) is 0.311. The maximum absolute atomic E-state index is 11.5. The second kappa shape index (κ2) is 4.14. The number of carbonyl (C=O) groups excluding carboxylic acids is 2. The molecule has 1 aromatic rings. The highest BCUT2D eigenvalue weighted by molar-refractivity contribution is 6.30. The minimum atomic E-state index is -0.441. The van der Waals surface area contributed by atoms with Gasteiger partial charge in [-0.2, -0.15) is 0 Å². The fourth-order valence-corrected chi connectivity index (χ4v) is 2.08. The van der Waals surface area contributed by atoms with Crippen molar-refractivity contribution in [3.63, 3.8) is 0 Å². The molecule has 1 atom stereocenters. The number of esters is 1. The van der Waals surface area contributed by atoms with Crippen molar-refractivity contribution in [2.45, 2.75) is 5.92 Å². The van der Waals surface area contributed by atoms with Crippen molar-refractivity contribution in [2.75, 3.05) is 18.6 Å². The van der Waals surface area contributed by atoms with Crippen LogP contribution < -0.4 is 4.90 Å². The summed E-state index contributed by atoms with van der Waals surface area (Å²) in [6.07, 6.45) is 0.704. The lowest BCUT2D eigenvalue weighted by atomic mass is 10.0. The maximum atomic E-state index is 11.5. The summed E-state index contributed by atoms with van der Waals surface area (Å²) in [5.74, 6) is -0.795. The molecule has 5 heteroatoms. The molecule has 0 aromatic heterocycles. The molecule has 84 valence electrons. The zero-order chi connectivity index (χ0) is 11.7. The number of ether oxygens (including phenoxy) is 1. The molecule has 1 aromatic carbocycles. The third-order valence-corrected chi connectivity index (χ3v) is 2.90. The number of halogens is 1. The summed E-state index contributed by atoms with van der Waals surface area (Å²) in [7, 11) is 1.33. The van der Waals surface area contributed by atoms with Gasteiger partial charge in [0.1, 0.15) is 5.92 Å². The average Bonchev–Trinajstić information content (AvgIpc) is 2.66. The SMILES string of the molecule is COC(=O)C1CN(C=O)c2ccc(Cl)cc21. The van der Waals surface area contributed by atoms with Gasteiger partial charge < -0.3 is 9.64 Å². The highest BCUT2D eigenvalue weighted by Crippen LogP contribution is 2.37. The van der Waals surface area contributed by atoms with E-state index in [1.54, 1.807) is 18.2 Å². The molecule has 0 bridgehead atoms. The van der Waals surface area contributed by atoms with Crippen LogP contribution in [0.2, 0.25) is 5.02 Å². The number of amides is 1. The van der Waals surface area contributed by atoms with Gasteiger partial charge in [-0.3, -0.25) is 9.59 Å². The molecule has 0 aliphatic carbocycles. The zero-order valence-electron chi connectivity index (χ0n) is 8.64. The van der Waals surface area contributed by atoms with Gasteiger partial charge in [0, 0.05) is 17.3 Å². The number of rotatable bonds is 2. The van der Waals surface area contributed by atoms with E-state index in [0.717, 1.165) is 11.3 Å². The lowest BCUT2D eigenvalue weighted by molar-refractivity contribution is -0.142. The van der Waals surface area contributed by atoms with Gasteiger partial charge in [0.25, 0.3) is 0 Å². The van der Waals surface area contributed by atoms with E-state index in [0.29, 0.717) is 18.0 Å². The van der Waals surface area contributed by atoms with Crippen LogP contribution in [0.15, 0.2) is 18.2 Å². The average molecular weight is 240 g/mol. The van der Waals surface area contributed by atoms with Crippen molar-refractivity contribution >= 4 is 29.7 Å². The number of hydrogen-bond donors (Lipinski definition) is 0. The Labute approximate surface area is 97.7 Å². The van der Waals surface area contributed by atoms with E-state index in [4.69, 9.17) is 16.3 Å². The molecule has 1 heterocycles. The summed E-state index contributed by atoms with van der Waals surface area (Å²) in [6, 6.07) is 5.12. The van der Waals surface area contributed by atoms with Crippen LogP contribution in [-0.4, -0.2) is 26.0 Å². The van der Waals surface area contributed by atoms with E-state index >= 15 is 0 Å². The number of hydrogen-bond acceptors (Lipinski definition) is 3. The number of benzene rings is 1. The normalized spacial score (nSPS) is 18.1. The first-order chi connectivity index (χ1) is 7.67. The predicted octanol–water partition coefficient (Wildman–Crippen LogP) is 1.57. The fourth-order valence-electron chi connectivity index (χ4n) is 1.90. The van der Waals surface area contributed by atoms with E-state index in [-0.39, 0.29) is 5.97 Å². The smallest absolute Gasteiger partial charge is 0.315 e. The lowest BCUT2D eigenvalue weighted by Gasteiger charge is -2.09. The number of methoxy groups -OCH3 is 1. The Hall–Kier alpha value is -1.55. The van der Waals surface area contributed by atoms with E-state index in [2.05, 4.69) is 0 Å². The summed E-state index contributed by atoms with van der Waals surface area (Å²) < 4.78 is 4.70. The van der Waals surface area contributed by atoms with Gasteiger partial charge in [0.2, 0.25) is 6.41 Å². The molecular formula is C11H10ClNO3.